The monoisotopic (exact) mass is 276 g/mol. The van der Waals surface area contributed by atoms with Crippen LogP contribution < -0.4 is 0 Å². The van der Waals surface area contributed by atoms with Crippen LogP contribution in [0.2, 0.25) is 0 Å². The number of aliphatic hydroxyl groups excluding tert-OH is 1. The van der Waals surface area contributed by atoms with E-state index in [-0.39, 0.29) is 0 Å². The minimum Gasteiger partial charge on any atom is -0.396 e. The first kappa shape index (κ1) is 18.1. The smallest absolute Gasteiger partial charge is 0.0431 e. The third-order valence-electron chi connectivity index (χ3n) is 3.26. The normalized spacial score (nSPS) is 12.8. The van der Waals surface area contributed by atoms with Crippen LogP contribution in [0.1, 0.15) is 77.6 Å². The van der Waals surface area contributed by atoms with E-state index in [1.165, 1.54) is 44.9 Å². The molecule has 0 bridgehead atoms. The molecule has 0 spiro atoms. The molecule has 0 saturated carbocycles. The highest BCUT2D eigenvalue weighted by Gasteiger charge is 2.00. The Morgan fingerprint density at radius 2 is 1.17 bits per heavy atom. The topological polar surface area (TPSA) is 37.3 Å². The highest BCUT2D eigenvalue weighted by atomic mass is 32.2. The Labute approximate surface area is 116 Å². The van der Waals surface area contributed by atoms with Crippen molar-refractivity contribution < 1.29 is 9.32 Å². The van der Waals surface area contributed by atoms with Crippen molar-refractivity contribution in [2.45, 2.75) is 77.6 Å². The molecular formula is C15H32O2S. The maximum Gasteiger partial charge on any atom is 0.0431 e. The van der Waals surface area contributed by atoms with Crippen molar-refractivity contribution in [3.05, 3.63) is 0 Å². The molecule has 0 aliphatic carbocycles. The maximum absolute atomic E-state index is 11.7. The third kappa shape index (κ3) is 14.2. The van der Waals surface area contributed by atoms with Crippen LogP contribution in [0.15, 0.2) is 0 Å². The molecule has 0 aromatic heterocycles. The summed E-state index contributed by atoms with van der Waals surface area (Å²) in [4.78, 5) is 0. The van der Waals surface area contributed by atoms with Crippen LogP contribution >= 0.6 is 0 Å². The summed E-state index contributed by atoms with van der Waals surface area (Å²) in [6.45, 7) is 2.54. The molecule has 0 unspecified atom stereocenters. The molecule has 110 valence electrons. The first-order valence-electron chi connectivity index (χ1n) is 7.77. The lowest BCUT2D eigenvalue weighted by molar-refractivity contribution is 0.282. The Hall–Kier alpha value is 0.110. The number of rotatable bonds is 14. The van der Waals surface area contributed by atoms with Crippen LogP contribution in [0, 0.1) is 0 Å². The van der Waals surface area contributed by atoms with E-state index < -0.39 is 10.8 Å². The van der Waals surface area contributed by atoms with E-state index in [9.17, 15) is 4.21 Å². The first-order valence-corrected chi connectivity index (χ1v) is 9.26. The van der Waals surface area contributed by atoms with Crippen molar-refractivity contribution in [3.8, 4) is 0 Å². The van der Waals surface area contributed by atoms with Crippen molar-refractivity contribution in [3.63, 3.8) is 0 Å². The Bertz CT molecular complexity index is 165. The van der Waals surface area contributed by atoms with Gasteiger partial charge in [0.15, 0.2) is 0 Å². The lowest BCUT2D eigenvalue weighted by Gasteiger charge is -2.03. The molecular weight excluding hydrogens is 244 g/mol. The molecule has 1 atom stereocenters. The van der Waals surface area contributed by atoms with Crippen LogP contribution in [0.3, 0.4) is 0 Å². The van der Waals surface area contributed by atoms with E-state index in [4.69, 9.17) is 5.11 Å². The average molecular weight is 276 g/mol. The Kier molecular flexibility index (Phi) is 15.3. The van der Waals surface area contributed by atoms with E-state index in [1.54, 1.807) is 0 Å². The molecule has 0 saturated heterocycles. The summed E-state index contributed by atoms with van der Waals surface area (Å²) < 4.78 is 11.7. The predicted octanol–water partition coefficient (Wildman–Crippen LogP) is 4.04. The fourth-order valence-corrected chi connectivity index (χ4v) is 3.31. The molecule has 18 heavy (non-hydrogen) atoms. The molecule has 0 fully saturated rings. The van der Waals surface area contributed by atoms with Gasteiger partial charge in [0.1, 0.15) is 0 Å². The van der Waals surface area contributed by atoms with Gasteiger partial charge in [-0.1, -0.05) is 58.3 Å². The van der Waals surface area contributed by atoms with Gasteiger partial charge in [0.05, 0.1) is 0 Å². The first-order chi connectivity index (χ1) is 8.81. The van der Waals surface area contributed by atoms with Gasteiger partial charge in [-0.15, -0.1) is 0 Å². The number of hydrogen-bond acceptors (Lipinski definition) is 2. The van der Waals surface area contributed by atoms with Crippen molar-refractivity contribution in [2.75, 3.05) is 18.1 Å². The second-order valence-electron chi connectivity index (χ2n) is 5.11. The molecule has 0 aromatic carbocycles. The van der Waals surface area contributed by atoms with Gasteiger partial charge in [-0.05, 0) is 19.3 Å². The summed E-state index contributed by atoms with van der Waals surface area (Å²) in [5, 5.41) is 8.64. The van der Waals surface area contributed by atoms with Gasteiger partial charge >= 0.3 is 0 Å². The summed E-state index contributed by atoms with van der Waals surface area (Å²) in [7, 11) is -0.584. The zero-order valence-corrected chi connectivity index (χ0v) is 13.0. The van der Waals surface area contributed by atoms with E-state index in [2.05, 4.69) is 6.92 Å². The van der Waals surface area contributed by atoms with Crippen LogP contribution in [0.25, 0.3) is 0 Å². The fourth-order valence-electron chi connectivity index (χ4n) is 2.05. The second-order valence-corrected chi connectivity index (χ2v) is 6.80. The lowest BCUT2D eigenvalue weighted by Crippen LogP contribution is -2.02. The minimum atomic E-state index is -0.584. The Morgan fingerprint density at radius 1 is 0.722 bits per heavy atom. The van der Waals surface area contributed by atoms with Gasteiger partial charge < -0.3 is 5.11 Å². The van der Waals surface area contributed by atoms with Crippen molar-refractivity contribution in [1.82, 2.24) is 0 Å². The SMILES string of the molecule is CCCCCCCC[S@@](=O)CCCCCCCO. The van der Waals surface area contributed by atoms with Gasteiger partial charge in [-0.2, -0.15) is 0 Å². The zero-order valence-electron chi connectivity index (χ0n) is 12.2. The van der Waals surface area contributed by atoms with Crippen molar-refractivity contribution in [1.29, 1.82) is 0 Å². The quantitative estimate of drug-likeness (QED) is 0.486. The Balaban J connectivity index is 3.12. The highest BCUT2D eigenvalue weighted by molar-refractivity contribution is 7.84. The van der Waals surface area contributed by atoms with Crippen LogP contribution in [0.4, 0.5) is 0 Å². The van der Waals surface area contributed by atoms with Crippen molar-refractivity contribution >= 4 is 10.8 Å². The number of hydrogen-bond donors (Lipinski definition) is 1. The summed E-state index contributed by atoms with van der Waals surface area (Å²) in [5.74, 6) is 1.79. The zero-order chi connectivity index (χ0) is 13.5. The molecule has 1 N–H and O–H groups in total. The molecule has 0 heterocycles. The average Bonchev–Trinajstić information content (AvgIpc) is 2.38. The van der Waals surface area contributed by atoms with E-state index in [0.717, 1.165) is 37.2 Å². The van der Waals surface area contributed by atoms with E-state index in [1.807, 2.05) is 0 Å². The molecule has 0 amide bonds. The summed E-state index contributed by atoms with van der Waals surface area (Å²) >= 11 is 0. The standard InChI is InChI=1S/C15H32O2S/c1-2-3-4-5-8-11-14-18(17)15-12-9-6-7-10-13-16/h16H,2-15H2,1H3/t18-/m1/s1. The Morgan fingerprint density at radius 3 is 1.67 bits per heavy atom. The maximum atomic E-state index is 11.7. The summed E-state index contributed by atoms with van der Waals surface area (Å²) in [6.07, 6.45) is 13.1. The molecule has 0 aromatic rings. The van der Waals surface area contributed by atoms with Crippen molar-refractivity contribution in [2.24, 2.45) is 0 Å². The lowest BCUT2D eigenvalue weighted by atomic mass is 10.1. The minimum absolute atomic E-state index is 0.309. The summed E-state index contributed by atoms with van der Waals surface area (Å²) in [5.41, 5.74) is 0. The molecule has 0 aliphatic rings. The number of aliphatic hydroxyl groups is 1. The largest absolute Gasteiger partial charge is 0.396 e. The van der Waals surface area contributed by atoms with Crippen LogP contribution in [0.5, 0.6) is 0 Å². The summed E-state index contributed by atoms with van der Waals surface area (Å²) in [6, 6.07) is 0. The van der Waals surface area contributed by atoms with Crippen LogP contribution in [-0.2, 0) is 10.8 Å². The fraction of sp³-hybridized carbons (Fsp3) is 1.00. The molecule has 0 aliphatic heterocycles. The third-order valence-corrected chi connectivity index (χ3v) is 4.74. The van der Waals surface area contributed by atoms with E-state index >= 15 is 0 Å². The van der Waals surface area contributed by atoms with Gasteiger partial charge in [0.25, 0.3) is 0 Å². The van der Waals surface area contributed by atoms with Crippen LogP contribution in [-0.4, -0.2) is 27.4 Å². The van der Waals surface area contributed by atoms with Gasteiger partial charge in [0.2, 0.25) is 0 Å². The number of unbranched alkanes of at least 4 members (excludes halogenated alkanes) is 9. The molecule has 2 nitrogen and oxygen atoms in total. The molecule has 0 rings (SSSR count). The van der Waals surface area contributed by atoms with Gasteiger partial charge in [0, 0.05) is 28.9 Å². The predicted molar refractivity (Wildman–Crippen MR) is 81.4 cm³/mol. The van der Waals surface area contributed by atoms with Gasteiger partial charge in [-0.25, -0.2) is 0 Å². The molecule has 3 heteroatoms. The second kappa shape index (κ2) is 15.2. The molecule has 0 radical (unpaired) electrons. The highest BCUT2D eigenvalue weighted by Crippen LogP contribution is 2.07. The van der Waals surface area contributed by atoms with E-state index in [0.29, 0.717) is 6.61 Å². The van der Waals surface area contributed by atoms with Gasteiger partial charge in [-0.3, -0.25) is 4.21 Å².